The monoisotopic (exact) mass is 263 g/mol. The van der Waals surface area contributed by atoms with Crippen LogP contribution in [0, 0.1) is 0 Å². The predicted octanol–water partition coefficient (Wildman–Crippen LogP) is -1.25. The molecule has 108 valence electrons. The van der Waals surface area contributed by atoms with Gasteiger partial charge in [-0.1, -0.05) is 26.2 Å². The third-order valence-corrected chi connectivity index (χ3v) is 3.13. The smallest absolute Gasteiger partial charge is 0.111 e. The second-order valence-corrected chi connectivity index (χ2v) is 4.60. The Morgan fingerprint density at radius 3 is 2.50 bits per heavy atom. The van der Waals surface area contributed by atoms with Gasteiger partial charge in [-0.15, -0.1) is 0 Å². The van der Waals surface area contributed by atoms with Crippen molar-refractivity contribution in [2.75, 3.05) is 13.2 Å². The highest BCUT2D eigenvalue weighted by atomic mass is 16.7. The normalized spacial score (nSPS) is 36.8. The van der Waals surface area contributed by atoms with Crippen molar-refractivity contribution in [3.63, 3.8) is 0 Å². The number of hydrogen-bond acceptors (Lipinski definition) is 6. The average molecular weight is 263 g/mol. The van der Waals surface area contributed by atoms with Crippen molar-refractivity contribution in [1.82, 2.24) is 0 Å². The van der Waals surface area contributed by atoms with E-state index < -0.39 is 37.3 Å². The van der Waals surface area contributed by atoms with Crippen molar-refractivity contribution >= 4 is 0 Å². The number of unbranched alkanes of at least 4 members (excludes halogenated alkanes) is 3. The number of hydrogen-bond donors (Lipinski definition) is 3. The molecule has 1 saturated heterocycles. The van der Waals surface area contributed by atoms with Gasteiger partial charge in [0.15, 0.2) is 0 Å². The Kier molecular flexibility index (Phi) is 7.06. The summed E-state index contributed by atoms with van der Waals surface area (Å²) in [6.45, 7) is 1.96. The fraction of sp³-hybridized carbons (Fsp3) is 1.00. The Labute approximate surface area is 107 Å². The zero-order valence-corrected chi connectivity index (χ0v) is 10.7. The Hall–Kier alpha value is -0.240. The highest BCUT2D eigenvalue weighted by Gasteiger charge is 2.40. The van der Waals surface area contributed by atoms with Gasteiger partial charge >= 0.3 is 0 Å². The molecule has 0 bridgehead atoms. The SMILES string of the molecule is CCCCCCO[C@@H]1[C@@H](O)[C@H](O)[C@@H](CO)O[C@H]1[O-]. The second-order valence-electron chi connectivity index (χ2n) is 4.60. The van der Waals surface area contributed by atoms with E-state index in [0.717, 1.165) is 25.7 Å². The lowest BCUT2D eigenvalue weighted by Gasteiger charge is -2.45. The summed E-state index contributed by atoms with van der Waals surface area (Å²) in [6, 6.07) is 0. The van der Waals surface area contributed by atoms with Crippen LogP contribution >= 0.6 is 0 Å². The minimum Gasteiger partial charge on any atom is -0.829 e. The van der Waals surface area contributed by atoms with Crippen LogP contribution in [0.15, 0.2) is 0 Å². The molecule has 0 aromatic rings. The van der Waals surface area contributed by atoms with Crippen LogP contribution in [0.5, 0.6) is 0 Å². The lowest BCUT2D eigenvalue weighted by molar-refractivity contribution is -0.534. The zero-order valence-electron chi connectivity index (χ0n) is 10.7. The summed E-state index contributed by atoms with van der Waals surface area (Å²) in [4.78, 5) is 0. The maximum Gasteiger partial charge on any atom is 0.111 e. The van der Waals surface area contributed by atoms with Crippen LogP contribution in [0.3, 0.4) is 0 Å². The van der Waals surface area contributed by atoms with Crippen LogP contribution in [0.2, 0.25) is 0 Å². The van der Waals surface area contributed by atoms with Gasteiger partial charge in [-0.3, -0.25) is 0 Å². The van der Waals surface area contributed by atoms with Gasteiger partial charge in [-0.2, -0.15) is 0 Å². The van der Waals surface area contributed by atoms with Gasteiger partial charge in [0.1, 0.15) is 18.3 Å². The zero-order chi connectivity index (χ0) is 13.5. The molecule has 0 aromatic carbocycles. The largest absolute Gasteiger partial charge is 0.829 e. The lowest BCUT2D eigenvalue weighted by Crippen LogP contribution is -2.63. The average Bonchev–Trinajstić information content (AvgIpc) is 2.37. The van der Waals surface area contributed by atoms with Gasteiger partial charge in [0, 0.05) is 12.9 Å². The molecule has 6 heteroatoms. The molecule has 18 heavy (non-hydrogen) atoms. The van der Waals surface area contributed by atoms with Crippen LogP contribution in [-0.2, 0) is 9.47 Å². The second kappa shape index (κ2) is 8.04. The molecule has 1 fully saturated rings. The molecule has 0 aliphatic carbocycles. The molecule has 0 unspecified atom stereocenters. The van der Waals surface area contributed by atoms with E-state index in [0.29, 0.717) is 6.61 Å². The number of rotatable bonds is 7. The van der Waals surface area contributed by atoms with E-state index in [9.17, 15) is 15.3 Å². The lowest BCUT2D eigenvalue weighted by atomic mass is 9.99. The first-order valence-corrected chi connectivity index (χ1v) is 6.51. The summed E-state index contributed by atoms with van der Waals surface area (Å²) < 4.78 is 10.2. The first kappa shape index (κ1) is 15.8. The Morgan fingerprint density at radius 2 is 1.89 bits per heavy atom. The van der Waals surface area contributed by atoms with Crippen molar-refractivity contribution in [2.24, 2.45) is 0 Å². The van der Waals surface area contributed by atoms with E-state index in [1.807, 2.05) is 0 Å². The molecule has 0 saturated carbocycles. The van der Waals surface area contributed by atoms with Gasteiger partial charge < -0.3 is 29.9 Å². The number of aliphatic hydroxyl groups is 3. The molecule has 0 spiro atoms. The third-order valence-electron chi connectivity index (χ3n) is 3.13. The predicted molar refractivity (Wildman–Crippen MR) is 61.6 cm³/mol. The molecule has 0 aromatic heterocycles. The van der Waals surface area contributed by atoms with Crippen LogP contribution in [0.4, 0.5) is 0 Å². The molecule has 5 atom stereocenters. The van der Waals surface area contributed by atoms with Gasteiger partial charge in [-0.25, -0.2) is 0 Å². The molecule has 3 N–H and O–H groups in total. The highest BCUT2D eigenvalue weighted by Crippen LogP contribution is 2.21. The molecule has 1 aliphatic heterocycles. The Bertz CT molecular complexity index is 225. The molecular formula is C12H23O6-. The third kappa shape index (κ3) is 4.15. The fourth-order valence-electron chi connectivity index (χ4n) is 1.98. The van der Waals surface area contributed by atoms with Crippen molar-refractivity contribution in [2.45, 2.75) is 63.3 Å². The van der Waals surface area contributed by atoms with Gasteiger partial charge in [0.25, 0.3) is 0 Å². The first-order valence-electron chi connectivity index (χ1n) is 6.51. The fourth-order valence-corrected chi connectivity index (χ4v) is 1.98. The molecule has 0 radical (unpaired) electrons. The van der Waals surface area contributed by atoms with E-state index in [-0.39, 0.29) is 0 Å². The minimum atomic E-state index is -1.58. The highest BCUT2D eigenvalue weighted by molar-refractivity contribution is 4.88. The standard InChI is InChI=1S/C12H23O6/c1-2-3-4-5-6-17-11-10(15)9(14)8(7-13)18-12(11)16/h8-15H,2-7H2,1H3/q-1/t8-,9-,10+,11-,12-/m1/s1. The molecule has 1 aliphatic rings. The number of aliphatic hydroxyl groups excluding tert-OH is 3. The minimum absolute atomic E-state index is 0.361. The molecule has 6 nitrogen and oxygen atoms in total. The molecular weight excluding hydrogens is 240 g/mol. The molecule has 1 rings (SSSR count). The summed E-state index contributed by atoms with van der Waals surface area (Å²) in [7, 11) is 0. The summed E-state index contributed by atoms with van der Waals surface area (Å²) >= 11 is 0. The van der Waals surface area contributed by atoms with Gasteiger partial charge in [0.2, 0.25) is 0 Å². The van der Waals surface area contributed by atoms with E-state index in [2.05, 4.69) is 6.92 Å². The summed E-state index contributed by atoms with van der Waals surface area (Å²) in [5.74, 6) is 0. The van der Waals surface area contributed by atoms with E-state index in [1.54, 1.807) is 0 Å². The summed E-state index contributed by atoms with van der Waals surface area (Å²) in [5.41, 5.74) is 0. The molecule has 1 heterocycles. The number of ether oxygens (including phenoxy) is 2. The van der Waals surface area contributed by atoms with E-state index in [1.165, 1.54) is 0 Å². The van der Waals surface area contributed by atoms with Crippen LogP contribution in [0.25, 0.3) is 0 Å². The topological polar surface area (TPSA) is 102 Å². The maximum atomic E-state index is 11.6. The van der Waals surface area contributed by atoms with Gasteiger partial charge in [0.05, 0.1) is 12.7 Å². The van der Waals surface area contributed by atoms with Crippen molar-refractivity contribution in [1.29, 1.82) is 0 Å². The Morgan fingerprint density at radius 1 is 1.17 bits per heavy atom. The molecule has 0 amide bonds. The maximum absolute atomic E-state index is 11.6. The van der Waals surface area contributed by atoms with E-state index in [4.69, 9.17) is 14.6 Å². The van der Waals surface area contributed by atoms with Crippen molar-refractivity contribution in [3.05, 3.63) is 0 Å². The first-order chi connectivity index (χ1) is 8.61. The van der Waals surface area contributed by atoms with Crippen molar-refractivity contribution < 1.29 is 29.9 Å². The quantitative estimate of drug-likeness (QED) is 0.496. The Balaban J connectivity index is 2.35. The van der Waals surface area contributed by atoms with Crippen molar-refractivity contribution in [3.8, 4) is 0 Å². The van der Waals surface area contributed by atoms with E-state index >= 15 is 0 Å². The van der Waals surface area contributed by atoms with Gasteiger partial charge in [-0.05, 0) is 6.42 Å². The summed E-state index contributed by atoms with van der Waals surface area (Å²) in [5, 5.41) is 39.8. The summed E-state index contributed by atoms with van der Waals surface area (Å²) in [6.07, 6.45) is -2.28. The van der Waals surface area contributed by atoms with Crippen LogP contribution in [-0.4, -0.2) is 59.2 Å². The van der Waals surface area contributed by atoms with Crippen LogP contribution in [0.1, 0.15) is 32.6 Å². The van der Waals surface area contributed by atoms with Crippen LogP contribution < -0.4 is 5.11 Å².